The Balaban J connectivity index is 1.98. The lowest BCUT2D eigenvalue weighted by Crippen LogP contribution is -2.21. The van der Waals surface area contributed by atoms with E-state index in [1.807, 2.05) is 37.3 Å². The summed E-state index contributed by atoms with van der Waals surface area (Å²) in [5.41, 5.74) is 2.92. The first-order chi connectivity index (χ1) is 11.0. The third kappa shape index (κ3) is 4.73. The number of anilines is 1. The Morgan fingerprint density at radius 2 is 2.00 bits per heavy atom. The largest absolute Gasteiger partial charge is 0.484 e. The van der Waals surface area contributed by atoms with Gasteiger partial charge in [0, 0.05) is 10.7 Å². The molecule has 0 spiro atoms. The maximum atomic E-state index is 12.1. The van der Waals surface area contributed by atoms with E-state index < -0.39 is 0 Å². The average molecular weight is 332 g/mol. The van der Waals surface area contributed by atoms with Crippen LogP contribution in [0.25, 0.3) is 0 Å². The number of para-hydroxylation sites is 1. The number of ether oxygens (including phenoxy) is 1. The van der Waals surface area contributed by atoms with Gasteiger partial charge in [-0.15, -0.1) is 0 Å². The van der Waals surface area contributed by atoms with Crippen LogP contribution in [-0.2, 0) is 4.79 Å². The second kappa shape index (κ2) is 8.02. The Morgan fingerprint density at radius 1 is 1.26 bits per heavy atom. The van der Waals surface area contributed by atoms with Gasteiger partial charge in [0.25, 0.3) is 5.91 Å². The Labute approximate surface area is 142 Å². The van der Waals surface area contributed by atoms with Crippen molar-refractivity contribution in [1.82, 2.24) is 0 Å². The first kappa shape index (κ1) is 17.4. The van der Waals surface area contributed by atoms with E-state index in [4.69, 9.17) is 16.3 Å². The number of halogens is 1. The van der Waals surface area contributed by atoms with Crippen LogP contribution in [0.3, 0.4) is 0 Å². The predicted octanol–water partition coefficient (Wildman–Crippen LogP) is 5.18. The Kier molecular flexibility index (Phi) is 6.05. The van der Waals surface area contributed by atoms with E-state index >= 15 is 0 Å². The van der Waals surface area contributed by atoms with Crippen molar-refractivity contribution < 1.29 is 9.53 Å². The fourth-order valence-electron chi connectivity index (χ4n) is 2.30. The summed E-state index contributed by atoms with van der Waals surface area (Å²) >= 11 is 5.98. The molecular weight excluding hydrogens is 310 g/mol. The second-order valence-electron chi connectivity index (χ2n) is 5.64. The van der Waals surface area contributed by atoms with Gasteiger partial charge < -0.3 is 10.1 Å². The highest BCUT2D eigenvalue weighted by atomic mass is 35.5. The zero-order valence-corrected chi connectivity index (χ0v) is 14.5. The first-order valence-electron chi connectivity index (χ1n) is 7.79. The van der Waals surface area contributed by atoms with Gasteiger partial charge in [-0.2, -0.15) is 0 Å². The summed E-state index contributed by atoms with van der Waals surface area (Å²) in [5, 5.41) is 3.62. The van der Waals surface area contributed by atoms with Crippen LogP contribution in [0.5, 0.6) is 5.75 Å². The zero-order valence-electron chi connectivity index (χ0n) is 13.7. The molecule has 0 fully saturated rings. The Morgan fingerprint density at radius 3 is 2.70 bits per heavy atom. The summed E-state index contributed by atoms with van der Waals surface area (Å²) in [4.78, 5) is 12.1. The number of nitrogens with one attached hydrogen (secondary N) is 1. The molecule has 0 saturated heterocycles. The first-order valence-corrected chi connectivity index (χ1v) is 8.16. The molecule has 0 aliphatic carbocycles. The summed E-state index contributed by atoms with van der Waals surface area (Å²) in [6.45, 7) is 6.15. The molecule has 4 heteroatoms. The van der Waals surface area contributed by atoms with Crippen LogP contribution in [0.2, 0.25) is 5.02 Å². The number of carbonyl (C=O) groups is 1. The molecule has 23 heavy (non-hydrogen) atoms. The van der Waals surface area contributed by atoms with Gasteiger partial charge in [-0.3, -0.25) is 4.79 Å². The number of hydrogen-bond donors (Lipinski definition) is 1. The molecule has 0 aliphatic heterocycles. The molecule has 0 aliphatic rings. The van der Waals surface area contributed by atoms with Crippen LogP contribution in [0.15, 0.2) is 42.5 Å². The molecule has 122 valence electrons. The van der Waals surface area contributed by atoms with Crippen LogP contribution in [-0.4, -0.2) is 12.5 Å². The summed E-state index contributed by atoms with van der Waals surface area (Å²) in [5.74, 6) is 0.858. The van der Waals surface area contributed by atoms with Crippen molar-refractivity contribution >= 4 is 23.2 Å². The molecule has 0 unspecified atom stereocenters. The Hall–Kier alpha value is -2.00. The highest BCUT2D eigenvalue weighted by molar-refractivity contribution is 6.31. The molecule has 0 bridgehead atoms. The van der Waals surface area contributed by atoms with Gasteiger partial charge in [0.2, 0.25) is 0 Å². The molecule has 0 aromatic heterocycles. The lowest BCUT2D eigenvalue weighted by atomic mass is 9.97. The van der Waals surface area contributed by atoms with Crippen LogP contribution < -0.4 is 10.1 Å². The normalized spacial score (nSPS) is 11.8. The van der Waals surface area contributed by atoms with Crippen LogP contribution in [0.4, 0.5) is 5.69 Å². The number of hydrogen-bond acceptors (Lipinski definition) is 2. The number of amides is 1. The highest BCUT2D eigenvalue weighted by Gasteiger charge is 2.11. The van der Waals surface area contributed by atoms with Crippen molar-refractivity contribution in [3.8, 4) is 5.75 Å². The molecule has 2 rings (SSSR count). The summed E-state index contributed by atoms with van der Waals surface area (Å²) in [7, 11) is 0. The molecule has 2 aromatic carbocycles. The van der Waals surface area contributed by atoms with E-state index in [-0.39, 0.29) is 12.5 Å². The van der Waals surface area contributed by atoms with Gasteiger partial charge in [0.15, 0.2) is 6.61 Å². The van der Waals surface area contributed by atoms with Crippen molar-refractivity contribution in [3.05, 3.63) is 58.6 Å². The van der Waals surface area contributed by atoms with Gasteiger partial charge in [0.05, 0.1) is 0 Å². The topological polar surface area (TPSA) is 38.3 Å². The van der Waals surface area contributed by atoms with Gasteiger partial charge >= 0.3 is 0 Å². The third-order valence-electron chi connectivity index (χ3n) is 3.88. The molecule has 0 saturated carbocycles. The van der Waals surface area contributed by atoms with Crippen LogP contribution in [0.1, 0.15) is 37.3 Å². The van der Waals surface area contributed by atoms with E-state index in [9.17, 15) is 4.79 Å². The number of carbonyl (C=O) groups excluding carboxylic acids is 1. The van der Waals surface area contributed by atoms with Crippen molar-refractivity contribution in [2.75, 3.05) is 11.9 Å². The smallest absolute Gasteiger partial charge is 0.262 e. The van der Waals surface area contributed by atoms with Gasteiger partial charge in [-0.05, 0) is 54.7 Å². The molecule has 3 nitrogen and oxygen atoms in total. The average Bonchev–Trinajstić information content (AvgIpc) is 2.55. The fourth-order valence-corrected chi connectivity index (χ4v) is 2.42. The third-order valence-corrected chi connectivity index (χ3v) is 4.30. The highest BCUT2D eigenvalue weighted by Crippen LogP contribution is 2.26. The molecule has 1 N–H and O–H groups in total. The van der Waals surface area contributed by atoms with Crippen LogP contribution in [0, 0.1) is 6.92 Å². The van der Waals surface area contributed by atoms with Crippen molar-refractivity contribution in [3.63, 3.8) is 0 Å². The zero-order chi connectivity index (χ0) is 16.8. The number of benzene rings is 2. The summed E-state index contributed by atoms with van der Waals surface area (Å²) in [6.07, 6.45) is 1.02. The summed E-state index contributed by atoms with van der Waals surface area (Å²) < 4.78 is 5.53. The standard InChI is InChI=1S/C19H22ClNO2/c1-4-13(2)16-7-5-6-8-18(16)21-19(22)12-23-15-9-10-17(20)14(3)11-15/h5-11,13H,4,12H2,1-3H3,(H,21,22)/t13-/m0/s1. The SMILES string of the molecule is CC[C@H](C)c1ccccc1NC(=O)COc1ccc(Cl)c(C)c1. The van der Waals surface area contributed by atoms with Crippen molar-refractivity contribution in [2.45, 2.75) is 33.1 Å². The maximum Gasteiger partial charge on any atom is 0.262 e. The van der Waals surface area contributed by atoms with E-state index in [0.29, 0.717) is 16.7 Å². The lowest BCUT2D eigenvalue weighted by molar-refractivity contribution is -0.118. The molecular formula is C19H22ClNO2. The summed E-state index contributed by atoms with van der Waals surface area (Å²) in [6, 6.07) is 13.2. The molecule has 2 aromatic rings. The Bertz CT molecular complexity index is 685. The predicted molar refractivity (Wildman–Crippen MR) is 95.5 cm³/mol. The lowest BCUT2D eigenvalue weighted by Gasteiger charge is -2.16. The van der Waals surface area contributed by atoms with E-state index in [1.54, 1.807) is 12.1 Å². The monoisotopic (exact) mass is 331 g/mol. The quantitative estimate of drug-likeness (QED) is 0.792. The van der Waals surface area contributed by atoms with Crippen molar-refractivity contribution in [2.24, 2.45) is 0 Å². The minimum atomic E-state index is -0.173. The molecule has 0 heterocycles. The minimum absolute atomic E-state index is 0.0318. The number of aryl methyl sites for hydroxylation is 1. The van der Waals surface area contributed by atoms with Crippen LogP contribution >= 0.6 is 11.6 Å². The van der Waals surface area contributed by atoms with E-state index in [1.165, 1.54) is 0 Å². The number of rotatable bonds is 6. The van der Waals surface area contributed by atoms with Crippen molar-refractivity contribution in [1.29, 1.82) is 0 Å². The van der Waals surface area contributed by atoms with E-state index in [2.05, 4.69) is 19.2 Å². The van der Waals surface area contributed by atoms with E-state index in [0.717, 1.165) is 23.2 Å². The second-order valence-corrected chi connectivity index (χ2v) is 6.05. The molecule has 1 amide bonds. The van der Waals surface area contributed by atoms with Gasteiger partial charge in [-0.25, -0.2) is 0 Å². The minimum Gasteiger partial charge on any atom is -0.484 e. The molecule has 1 atom stereocenters. The fraction of sp³-hybridized carbons (Fsp3) is 0.316. The van der Waals surface area contributed by atoms with Gasteiger partial charge in [-0.1, -0.05) is 43.6 Å². The molecule has 0 radical (unpaired) electrons. The van der Waals surface area contributed by atoms with Gasteiger partial charge in [0.1, 0.15) is 5.75 Å². The maximum absolute atomic E-state index is 12.1.